The quantitative estimate of drug-likeness (QED) is 0.859. The summed E-state index contributed by atoms with van der Waals surface area (Å²) in [6.07, 6.45) is 4.66. The van der Waals surface area contributed by atoms with Gasteiger partial charge in [0.15, 0.2) is 0 Å². The lowest BCUT2D eigenvalue weighted by molar-refractivity contribution is 0.0708. The van der Waals surface area contributed by atoms with Crippen molar-refractivity contribution < 1.29 is 18.7 Å². The van der Waals surface area contributed by atoms with Crippen LogP contribution >= 0.6 is 0 Å². The molecular weight excluding hydrogens is 320 g/mol. The smallest absolute Gasteiger partial charge is 0.318 e. The van der Waals surface area contributed by atoms with Crippen LogP contribution < -0.4 is 5.32 Å². The van der Waals surface area contributed by atoms with E-state index in [0.29, 0.717) is 43.2 Å². The van der Waals surface area contributed by atoms with Gasteiger partial charge in [0.25, 0.3) is 0 Å². The number of hydrogen-bond acceptors (Lipinski definition) is 4. The van der Waals surface area contributed by atoms with Crippen LogP contribution in [0.4, 0.5) is 4.79 Å². The van der Waals surface area contributed by atoms with Crippen molar-refractivity contribution >= 4 is 6.03 Å². The van der Waals surface area contributed by atoms with Gasteiger partial charge < -0.3 is 24.1 Å². The van der Waals surface area contributed by atoms with E-state index < -0.39 is 0 Å². The highest BCUT2D eigenvalue weighted by Crippen LogP contribution is 2.47. The van der Waals surface area contributed by atoms with Gasteiger partial charge in [-0.2, -0.15) is 0 Å². The van der Waals surface area contributed by atoms with E-state index >= 15 is 0 Å². The van der Waals surface area contributed by atoms with Crippen LogP contribution in [0.15, 0.2) is 22.8 Å². The summed E-state index contributed by atoms with van der Waals surface area (Å²) in [6, 6.07) is 3.45. The second-order valence-corrected chi connectivity index (χ2v) is 7.97. The summed E-state index contributed by atoms with van der Waals surface area (Å²) in [5.41, 5.74) is 0. The zero-order chi connectivity index (χ0) is 17.4. The van der Waals surface area contributed by atoms with Crippen LogP contribution in [0.25, 0.3) is 0 Å². The maximum absolute atomic E-state index is 12.8. The number of likely N-dealkylation sites (tertiary alicyclic amines) is 1. The number of hydrogen-bond donors (Lipinski definition) is 1. The van der Waals surface area contributed by atoms with E-state index in [9.17, 15) is 4.79 Å². The molecule has 1 N–H and O–H groups in total. The zero-order valence-corrected chi connectivity index (χ0v) is 15.0. The molecule has 0 saturated carbocycles. The monoisotopic (exact) mass is 348 g/mol. The number of ether oxygens (including phenoxy) is 2. The number of fused-ring (bicyclic) bond motifs is 5. The van der Waals surface area contributed by atoms with Crippen molar-refractivity contribution in [2.45, 2.75) is 44.9 Å². The van der Waals surface area contributed by atoms with Crippen LogP contribution in [0.5, 0.6) is 0 Å². The molecule has 6 heteroatoms. The number of carbonyl (C=O) groups excluding carboxylic acids is 1. The first-order chi connectivity index (χ1) is 12.1. The Morgan fingerprint density at radius 2 is 2.00 bits per heavy atom. The van der Waals surface area contributed by atoms with E-state index in [4.69, 9.17) is 13.9 Å². The van der Waals surface area contributed by atoms with Crippen LogP contribution in [0.3, 0.4) is 0 Å². The van der Waals surface area contributed by atoms with E-state index in [0.717, 1.165) is 31.7 Å². The lowest BCUT2D eigenvalue weighted by Crippen LogP contribution is -2.42. The standard InChI is InChI=1S/C19H28N2O4/c1-12(2)10-23-11-15(18-4-3-7-24-18)20-19(22)21-8-13-14(9-21)17-6-5-16(13)25-17/h3-4,7,12-17H,5-6,8-11H2,1-2H3,(H,20,22)/t13-,14-,15+,16-,17-/m1/s1. The van der Waals surface area contributed by atoms with Crippen molar-refractivity contribution in [1.82, 2.24) is 10.2 Å². The fourth-order valence-corrected chi connectivity index (χ4v) is 4.47. The summed E-state index contributed by atoms with van der Waals surface area (Å²) in [6.45, 7) is 6.92. The molecule has 3 aliphatic rings. The molecule has 4 rings (SSSR count). The van der Waals surface area contributed by atoms with Crippen molar-refractivity contribution in [3.8, 4) is 0 Å². The minimum Gasteiger partial charge on any atom is -0.467 e. The van der Waals surface area contributed by atoms with Crippen LogP contribution in [0, 0.1) is 17.8 Å². The van der Waals surface area contributed by atoms with Crippen molar-refractivity contribution in [3.05, 3.63) is 24.2 Å². The van der Waals surface area contributed by atoms with Gasteiger partial charge in [0.1, 0.15) is 11.8 Å². The van der Waals surface area contributed by atoms with E-state index in [1.54, 1.807) is 6.26 Å². The summed E-state index contributed by atoms with van der Waals surface area (Å²) in [5.74, 6) is 2.23. The van der Waals surface area contributed by atoms with Gasteiger partial charge >= 0.3 is 6.03 Å². The molecule has 3 aliphatic heterocycles. The number of urea groups is 1. The molecule has 25 heavy (non-hydrogen) atoms. The fraction of sp³-hybridized carbons (Fsp3) is 0.737. The Morgan fingerprint density at radius 3 is 2.60 bits per heavy atom. The third-order valence-electron chi connectivity index (χ3n) is 5.66. The van der Waals surface area contributed by atoms with Crippen LogP contribution in [0.2, 0.25) is 0 Å². The number of rotatable bonds is 6. The average Bonchev–Trinajstić information content (AvgIpc) is 3.35. The van der Waals surface area contributed by atoms with Gasteiger partial charge in [-0.05, 0) is 30.9 Å². The van der Waals surface area contributed by atoms with E-state index in [1.807, 2.05) is 17.0 Å². The molecular formula is C19H28N2O4. The Bertz CT molecular complexity index is 570. The summed E-state index contributed by atoms with van der Waals surface area (Å²) >= 11 is 0. The Labute approximate surface area is 148 Å². The molecule has 2 bridgehead atoms. The maximum Gasteiger partial charge on any atom is 0.318 e. The summed E-state index contributed by atoms with van der Waals surface area (Å²) in [5, 5.41) is 3.10. The molecule has 2 amide bonds. The number of furan rings is 1. The summed E-state index contributed by atoms with van der Waals surface area (Å²) in [4.78, 5) is 14.7. The minimum atomic E-state index is -0.255. The predicted octanol–water partition coefficient (Wildman–Crippen LogP) is 2.81. The third-order valence-corrected chi connectivity index (χ3v) is 5.66. The second-order valence-electron chi connectivity index (χ2n) is 7.97. The molecule has 0 aromatic carbocycles. The number of carbonyl (C=O) groups is 1. The molecule has 5 atom stereocenters. The van der Waals surface area contributed by atoms with Crippen molar-refractivity contribution in [2.75, 3.05) is 26.3 Å². The Balaban J connectivity index is 1.36. The van der Waals surface area contributed by atoms with E-state index in [-0.39, 0.29) is 12.1 Å². The molecule has 3 fully saturated rings. The van der Waals surface area contributed by atoms with Crippen molar-refractivity contribution in [1.29, 1.82) is 0 Å². The SMILES string of the molecule is CC(C)COC[C@H](NC(=O)N1C[C@@H]2[C@@H](C1)[C@H]1CC[C@H]2O1)c1ccco1. The lowest BCUT2D eigenvalue weighted by atomic mass is 9.82. The topological polar surface area (TPSA) is 63.9 Å². The first-order valence-electron chi connectivity index (χ1n) is 9.44. The summed E-state index contributed by atoms with van der Waals surface area (Å²) in [7, 11) is 0. The van der Waals surface area contributed by atoms with Gasteiger partial charge in [-0.1, -0.05) is 13.8 Å². The Morgan fingerprint density at radius 1 is 1.28 bits per heavy atom. The predicted molar refractivity (Wildman–Crippen MR) is 92.1 cm³/mol. The molecule has 0 unspecified atom stereocenters. The van der Waals surface area contributed by atoms with Crippen molar-refractivity contribution in [3.63, 3.8) is 0 Å². The molecule has 1 aromatic heterocycles. The third kappa shape index (κ3) is 3.42. The highest BCUT2D eigenvalue weighted by atomic mass is 16.5. The molecule has 0 aliphatic carbocycles. The first-order valence-corrected chi connectivity index (χ1v) is 9.44. The number of nitrogens with zero attached hydrogens (tertiary/aromatic N) is 1. The molecule has 0 spiro atoms. The molecule has 6 nitrogen and oxygen atoms in total. The highest BCUT2D eigenvalue weighted by molar-refractivity contribution is 5.75. The van der Waals surface area contributed by atoms with Gasteiger partial charge in [0, 0.05) is 31.5 Å². The largest absolute Gasteiger partial charge is 0.467 e. The van der Waals surface area contributed by atoms with Crippen LogP contribution in [-0.4, -0.2) is 49.4 Å². The van der Waals surface area contributed by atoms with Gasteiger partial charge in [0.2, 0.25) is 0 Å². The normalized spacial score (nSPS) is 31.6. The van der Waals surface area contributed by atoms with Crippen molar-refractivity contribution in [2.24, 2.45) is 17.8 Å². The molecule has 1 aromatic rings. The first kappa shape index (κ1) is 16.9. The Kier molecular flexibility index (Phi) is 4.73. The molecule has 138 valence electrons. The van der Waals surface area contributed by atoms with Gasteiger partial charge in [0.05, 0.1) is 25.1 Å². The Hall–Kier alpha value is -1.53. The van der Waals surface area contributed by atoms with Gasteiger partial charge in [-0.25, -0.2) is 4.79 Å². The molecule has 0 radical (unpaired) electrons. The van der Waals surface area contributed by atoms with E-state index in [1.165, 1.54) is 0 Å². The second kappa shape index (κ2) is 7.00. The highest BCUT2D eigenvalue weighted by Gasteiger charge is 2.53. The summed E-state index contributed by atoms with van der Waals surface area (Å²) < 4.78 is 17.2. The van der Waals surface area contributed by atoms with Gasteiger partial charge in [-0.15, -0.1) is 0 Å². The fourth-order valence-electron chi connectivity index (χ4n) is 4.47. The van der Waals surface area contributed by atoms with Crippen LogP contribution in [-0.2, 0) is 9.47 Å². The van der Waals surface area contributed by atoms with Gasteiger partial charge in [-0.3, -0.25) is 0 Å². The maximum atomic E-state index is 12.8. The van der Waals surface area contributed by atoms with Crippen LogP contribution in [0.1, 0.15) is 38.5 Å². The minimum absolute atomic E-state index is 0.0247. The number of nitrogens with one attached hydrogen (secondary N) is 1. The molecule has 4 heterocycles. The number of amides is 2. The van der Waals surface area contributed by atoms with E-state index in [2.05, 4.69) is 19.2 Å². The average molecular weight is 348 g/mol. The lowest BCUT2D eigenvalue weighted by Gasteiger charge is -2.23. The molecule has 3 saturated heterocycles. The zero-order valence-electron chi connectivity index (χ0n) is 15.0.